The van der Waals surface area contributed by atoms with Gasteiger partial charge in [0.05, 0.1) is 12.7 Å². The Balaban J connectivity index is 1.80. The molecule has 1 atom stereocenters. The molecule has 0 amide bonds. The molecule has 1 aliphatic carbocycles. The molecule has 3 rings (SSSR count). The van der Waals surface area contributed by atoms with Crippen LogP contribution >= 0.6 is 23.6 Å². The van der Waals surface area contributed by atoms with Crippen molar-refractivity contribution in [3.8, 4) is 0 Å². The number of para-hydroxylation sites is 1. The Morgan fingerprint density at radius 2 is 2.11 bits per heavy atom. The van der Waals surface area contributed by atoms with E-state index < -0.39 is 0 Å². The van der Waals surface area contributed by atoms with Gasteiger partial charge in [-0.1, -0.05) is 38.5 Å². The summed E-state index contributed by atoms with van der Waals surface area (Å²) in [5.41, 5.74) is 4.05. The predicted octanol–water partition coefficient (Wildman–Crippen LogP) is 5.81. The van der Waals surface area contributed by atoms with Gasteiger partial charge < -0.3 is 15.4 Å². The average molecular weight is 417 g/mol. The summed E-state index contributed by atoms with van der Waals surface area (Å²) in [6.07, 6.45) is 6.33. The number of carbonyl (C=O) groups is 1. The predicted molar refractivity (Wildman–Crippen MR) is 122 cm³/mol. The third-order valence-electron chi connectivity index (χ3n) is 5.19. The van der Waals surface area contributed by atoms with Gasteiger partial charge in [-0.05, 0) is 67.4 Å². The first kappa shape index (κ1) is 20.8. The van der Waals surface area contributed by atoms with Crippen molar-refractivity contribution >= 4 is 45.3 Å². The fourth-order valence-corrected chi connectivity index (χ4v) is 5.32. The van der Waals surface area contributed by atoms with E-state index in [4.69, 9.17) is 17.0 Å². The van der Waals surface area contributed by atoms with Crippen LogP contribution in [0.5, 0.6) is 0 Å². The third-order valence-corrected chi connectivity index (χ3v) is 6.57. The highest BCUT2D eigenvalue weighted by Crippen LogP contribution is 2.40. The van der Waals surface area contributed by atoms with Gasteiger partial charge in [-0.2, -0.15) is 0 Å². The van der Waals surface area contributed by atoms with Crippen molar-refractivity contribution in [3.63, 3.8) is 0 Å². The molecule has 1 unspecified atom stereocenters. The van der Waals surface area contributed by atoms with Crippen molar-refractivity contribution in [2.45, 2.75) is 52.4 Å². The molecule has 1 aliphatic rings. The summed E-state index contributed by atoms with van der Waals surface area (Å²) in [6, 6.07) is 8.23. The van der Waals surface area contributed by atoms with Gasteiger partial charge in [0.2, 0.25) is 0 Å². The SMILES string of the molecule is CCCCc1ccccc1NC(=S)Nc1sc2c(c1C(=O)OC)CCC(C)C2. The lowest BCUT2D eigenvalue weighted by atomic mass is 9.88. The number of ether oxygens (including phenoxy) is 1. The minimum Gasteiger partial charge on any atom is -0.465 e. The molecule has 0 spiro atoms. The lowest BCUT2D eigenvalue weighted by molar-refractivity contribution is 0.0601. The number of aryl methyl sites for hydroxylation is 1. The van der Waals surface area contributed by atoms with Crippen molar-refractivity contribution in [1.82, 2.24) is 0 Å². The van der Waals surface area contributed by atoms with E-state index in [0.717, 1.165) is 54.8 Å². The number of methoxy groups -OCH3 is 1. The molecule has 0 fully saturated rings. The van der Waals surface area contributed by atoms with Gasteiger partial charge >= 0.3 is 5.97 Å². The fourth-order valence-electron chi connectivity index (χ4n) is 3.64. The van der Waals surface area contributed by atoms with Crippen LogP contribution in [0.1, 0.15) is 59.5 Å². The number of carbonyl (C=O) groups excluding carboxylic acids is 1. The van der Waals surface area contributed by atoms with Crippen LogP contribution in [-0.2, 0) is 24.0 Å². The van der Waals surface area contributed by atoms with Gasteiger partial charge in [-0.15, -0.1) is 11.3 Å². The second kappa shape index (κ2) is 9.52. The maximum atomic E-state index is 12.4. The van der Waals surface area contributed by atoms with E-state index in [0.29, 0.717) is 16.6 Å². The standard InChI is InChI=1S/C22H28N2O2S2/c1-4-5-8-15-9-6-7-10-17(15)23-22(27)24-20-19(21(25)26-3)16-12-11-14(2)13-18(16)28-20/h6-7,9-10,14H,4-5,8,11-13H2,1-3H3,(H2,23,24,27). The molecule has 4 nitrogen and oxygen atoms in total. The lowest BCUT2D eigenvalue weighted by Gasteiger charge is -2.18. The number of rotatable bonds is 6. The number of thiocarbonyl (C=S) groups is 1. The molecule has 0 bridgehead atoms. The van der Waals surface area contributed by atoms with E-state index in [1.807, 2.05) is 12.1 Å². The van der Waals surface area contributed by atoms with E-state index in [1.165, 1.54) is 17.6 Å². The molecule has 1 aromatic heterocycles. The normalized spacial score (nSPS) is 15.6. The Morgan fingerprint density at radius 3 is 2.86 bits per heavy atom. The molecule has 150 valence electrons. The summed E-state index contributed by atoms with van der Waals surface area (Å²) < 4.78 is 5.06. The zero-order valence-corrected chi connectivity index (χ0v) is 18.4. The van der Waals surface area contributed by atoms with Gasteiger partial charge in [0.1, 0.15) is 5.00 Å². The number of benzene rings is 1. The third kappa shape index (κ3) is 4.73. The van der Waals surface area contributed by atoms with E-state index in [9.17, 15) is 4.79 Å². The monoisotopic (exact) mass is 416 g/mol. The summed E-state index contributed by atoms with van der Waals surface area (Å²) in [4.78, 5) is 13.7. The van der Waals surface area contributed by atoms with Gasteiger partial charge in [-0.3, -0.25) is 0 Å². The number of unbranched alkanes of at least 4 members (excludes halogenated alkanes) is 1. The summed E-state index contributed by atoms with van der Waals surface area (Å²) >= 11 is 7.20. The van der Waals surface area contributed by atoms with E-state index in [1.54, 1.807) is 11.3 Å². The van der Waals surface area contributed by atoms with Gasteiger partial charge in [-0.25, -0.2) is 4.79 Å². The summed E-state index contributed by atoms with van der Waals surface area (Å²) in [7, 11) is 1.43. The van der Waals surface area contributed by atoms with Gasteiger partial charge in [0.25, 0.3) is 0 Å². The molecule has 0 saturated heterocycles. The quantitative estimate of drug-likeness (QED) is 0.460. The first-order valence-electron chi connectivity index (χ1n) is 9.92. The molecule has 0 radical (unpaired) electrons. The number of fused-ring (bicyclic) bond motifs is 1. The van der Waals surface area contributed by atoms with Crippen LogP contribution in [0.2, 0.25) is 0 Å². The molecule has 1 heterocycles. The second-order valence-corrected chi connectivity index (χ2v) is 8.90. The van der Waals surface area contributed by atoms with E-state index >= 15 is 0 Å². The summed E-state index contributed by atoms with van der Waals surface area (Å²) in [5.74, 6) is 0.348. The van der Waals surface area contributed by atoms with E-state index in [-0.39, 0.29) is 5.97 Å². The molecule has 2 aromatic rings. The molecular weight excluding hydrogens is 388 g/mol. The number of esters is 1. The van der Waals surface area contributed by atoms with Crippen LogP contribution in [0, 0.1) is 5.92 Å². The van der Waals surface area contributed by atoms with Crippen LogP contribution in [-0.4, -0.2) is 18.2 Å². The molecule has 28 heavy (non-hydrogen) atoms. The molecule has 6 heteroatoms. The van der Waals surface area contributed by atoms with Crippen molar-refractivity contribution in [2.75, 3.05) is 17.7 Å². The van der Waals surface area contributed by atoms with Gasteiger partial charge in [0, 0.05) is 10.6 Å². The highest BCUT2D eigenvalue weighted by molar-refractivity contribution is 7.80. The Bertz CT molecular complexity index is 860. The van der Waals surface area contributed by atoms with Crippen LogP contribution in [0.4, 0.5) is 10.7 Å². The first-order valence-corrected chi connectivity index (χ1v) is 11.1. The number of anilines is 2. The average Bonchev–Trinajstić information content (AvgIpc) is 3.03. The minimum absolute atomic E-state index is 0.291. The minimum atomic E-state index is -0.291. The van der Waals surface area contributed by atoms with Crippen LogP contribution < -0.4 is 10.6 Å². The first-order chi connectivity index (χ1) is 13.5. The maximum absolute atomic E-state index is 12.4. The largest absolute Gasteiger partial charge is 0.465 e. The number of hydrogen-bond acceptors (Lipinski definition) is 4. The van der Waals surface area contributed by atoms with Crippen LogP contribution in [0.15, 0.2) is 24.3 Å². The Morgan fingerprint density at radius 1 is 1.32 bits per heavy atom. The summed E-state index contributed by atoms with van der Waals surface area (Å²) in [5, 5.41) is 7.87. The van der Waals surface area contributed by atoms with Crippen molar-refractivity contribution in [3.05, 3.63) is 45.8 Å². The molecular formula is C22H28N2O2S2. The highest BCUT2D eigenvalue weighted by Gasteiger charge is 2.28. The zero-order valence-electron chi connectivity index (χ0n) is 16.8. The van der Waals surface area contributed by atoms with Crippen molar-refractivity contribution in [1.29, 1.82) is 0 Å². The van der Waals surface area contributed by atoms with Crippen LogP contribution in [0.25, 0.3) is 0 Å². The molecule has 0 saturated carbocycles. The van der Waals surface area contributed by atoms with Crippen LogP contribution in [0.3, 0.4) is 0 Å². The number of hydrogen-bond donors (Lipinski definition) is 2. The Labute approximate surface area is 176 Å². The van der Waals surface area contributed by atoms with Crippen molar-refractivity contribution < 1.29 is 9.53 Å². The van der Waals surface area contributed by atoms with Gasteiger partial charge in [0.15, 0.2) is 5.11 Å². The Kier molecular flexibility index (Phi) is 7.08. The highest BCUT2D eigenvalue weighted by atomic mass is 32.1. The fraction of sp³-hybridized carbons (Fsp3) is 0.455. The Hall–Kier alpha value is -1.92. The molecule has 1 aromatic carbocycles. The van der Waals surface area contributed by atoms with Crippen molar-refractivity contribution in [2.24, 2.45) is 5.92 Å². The number of thiophene rings is 1. The smallest absolute Gasteiger partial charge is 0.341 e. The second-order valence-electron chi connectivity index (χ2n) is 7.39. The van der Waals surface area contributed by atoms with E-state index in [2.05, 4.69) is 36.6 Å². The topological polar surface area (TPSA) is 50.4 Å². The molecule has 2 N–H and O–H groups in total. The maximum Gasteiger partial charge on any atom is 0.341 e. The molecule has 0 aliphatic heterocycles. The summed E-state index contributed by atoms with van der Waals surface area (Å²) in [6.45, 7) is 4.45. The lowest BCUT2D eigenvalue weighted by Crippen LogP contribution is -2.21. The number of nitrogens with one attached hydrogen (secondary N) is 2. The zero-order chi connectivity index (χ0) is 20.1.